The van der Waals surface area contributed by atoms with Gasteiger partial charge in [0.25, 0.3) is 0 Å². The van der Waals surface area contributed by atoms with Crippen molar-refractivity contribution in [1.82, 2.24) is 0 Å². The lowest BCUT2D eigenvalue weighted by molar-refractivity contribution is 0.481. The molecule has 0 saturated heterocycles. The highest BCUT2D eigenvalue weighted by molar-refractivity contribution is 6.06. The average Bonchev–Trinajstić information content (AvgIpc) is 2.38. The SMILES string of the molecule is CC(C)c1cc2ccc3c(O)cccc3c2oc1=O. The van der Waals surface area contributed by atoms with Crippen LogP contribution in [0.1, 0.15) is 25.3 Å². The summed E-state index contributed by atoms with van der Waals surface area (Å²) in [6.45, 7) is 3.93. The van der Waals surface area contributed by atoms with Gasteiger partial charge >= 0.3 is 5.63 Å². The molecule has 0 amide bonds. The second kappa shape index (κ2) is 4.12. The summed E-state index contributed by atoms with van der Waals surface area (Å²) in [6, 6.07) is 10.8. The molecule has 1 N–H and O–H groups in total. The molecule has 3 aromatic rings. The molecule has 0 fully saturated rings. The van der Waals surface area contributed by atoms with Crippen LogP contribution in [0.5, 0.6) is 5.75 Å². The van der Waals surface area contributed by atoms with Gasteiger partial charge < -0.3 is 9.52 Å². The first kappa shape index (κ1) is 11.8. The van der Waals surface area contributed by atoms with E-state index < -0.39 is 0 Å². The van der Waals surface area contributed by atoms with Crippen LogP contribution in [0.2, 0.25) is 0 Å². The summed E-state index contributed by atoms with van der Waals surface area (Å²) in [5.74, 6) is 0.315. The van der Waals surface area contributed by atoms with Crippen molar-refractivity contribution in [3.8, 4) is 5.75 Å². The van der Waals surface area contributed by atoms with Crippen LogP contribution < -0.4 is 5.63 Å². The summed E-state index contributed by atoms with van der Waals surface area (Å²) in [5, 5.41) is 12.1. The van der Waals surface area contributed by atoms with Crippen molar-refractivity contribution in [3.63, 3.8) is 0 Å². The molecule has 0 atom stereocenters. The molecular formula is C16H14O3. The van der Waals surface area contributed by atoms with Crippen LogP contribution in [0.15, 0.2) is 45.6 Å². The number of phenols is 1. The lowest BCUT2D eigenvalue weighted by Crippen LogP contribution is -2.08. The maximum atomic E-state index is 12.0. The van der Waals surface area contributed by atoms with Gasteiger partial charge in [-0.3, -0.25) is 0 Å². The molecule has 3 rings (SSSR count). The number of benzene rings is 2. The van der Waals surface area contributed by atoms with Gasteiger partial charge in [0, 0.05) is 21.7 Å². The fourth-order valence-electron chi connectivity index (χ4n) is 2.34. The zero-order valence-corrected chi connectivity index (χ0v) is 10.8. The minimum Gasteiger partial charge on any atom is -0.507 e. The first-order valence-corrected chi connectivity index (χ1v) is 6.26. The smallest absolute Gasteiger partial charge is 0.339 e. The van der Waals surface area contributed by atoms with E-state index in [4.69, 9.17) is 4.42 Å². The lowest BCUT2D eigenvalue weighted by atomic mass is 10.0. The second-order valence-corrected chi connectivity index (χ2v) is 5.00. The molecule has 19 heavy (non-hydrogen) atoms. The Balaban J connectivity index is 2.47. The lowest BCUT2D eigenvalue weighted by Gasteiger charge is -2.07. The number of hydrogen-bond acceptors (Lipinski definition) is 3. The second-order valence-electron chi connectivity index (χ2n) is 5.00. The van der Waals surface area contributed by atoms with Crippen molar-refractivity contribution in [1.29, 1.82) is 0 Å². The van der Waals surface area contributed by atoms with Crippen LogP contribution in [0.3, 0.4) is 0 Å². The maximum Gasteiger partial charge on any atom is 0.339 e. The van der Waals surface area contributed by atoms with Gasteiger partial charge in [0.1, 0.15) is 11.3 Å². The summed E-state index contributed by atoms with van der Waals surface area (Å²) in [6.07, 6.45) is 0. The number of fused-ring (bicyclic) bond motifs is 3. The van der Waals surface area contributed by atoms with Crippen LogP contribution in [-0.2, 0) is 0 Å². The van der Waals surface area contributed by atoms with Gasteiger partial charge in [0.2, 0.25) is 0 Å². The predicted octanol–water partition coefficient (Wildman–Crippen LogP) is 3.78. The molecule has 0 aliphatic carbocycles. The molecule has 96 valence electrons. The van der Waals surface area contributed by atoms with Crippen LogP contribution >= 0.6 is 0 Å². The Morgan fingerprint density at radius 3 is 2.63 bits per heavy atom. The zero-order chi connectivity index (χ0) is 13.6. The highest BCUT2D eigenvalue weighted by atomic mass is 16.4. The molecule has 0 aliphatic heterocycles. The van der Waals surface area contributed by atoms with Gasteiger partial charge in [-0.25, -0.2) is 4.79 Å². The minimum absolute atomic E-state index is 0.125. The third-order valence-corrected chi connectivity index (χ3v) is 3.38. The largest absolute Gasteiger partial charge is 0.507 e. The van der Waals surface area contributed by atoms with Crippen molar-refractivity contribution >= 4 is 21.7 Å². The fourth-order valence-corrected chi connectivity index (χ4v) is 2.34. The monoisotopic (exact) mass is 254 g/mol. The number of rotatable bonds is 1. The molecular weight excluding hydrogens is 240 g/mol. The third kappa shape index (κ3) is 1.78. The Hall–Kier alpha value is -2.29. The van der Waals surface area contributed by atoms with E-state index >= 15 is 0 Å². The fraction of sp³-hybridized carbons (Fsp3) is 0.188. The van der Waals surface area contributed by atoms with Crippen LogP contribution in [0.4, 0.5) is 0 Å². The van der Waals surface area contributed by atoms with Gasteiger partial charge in [0.15, 0.2) is 0 Å². The average molecular weight is 254 g/mol. The summed E-state index contributed by atoms with van der Waals surface area (Å²) < 4.78 is 5.46. The third-order valence-electron chi connectivity index (χ3n) is 3.38. The molecule has 1 heterocycles. The minimum atomic E-state index is -0.307. The first-order valence-electron chi connectivity index (χ1n) is 6.26. The van der Waals surface area contributed by atoms with E-state index in [-0.39, 0.29) is 17.3 Å². The Morgan fingerprint density at radius 2 is 1.89 bits per heavy atom. The Bertz CT molecular complexity index is 828. The van der Waals surface area contributed by atoms with E-state index in [0.717, 1.165) is 10.8 Å². The standard InChI is InChI=1S/C16H14O3/c1-9(2)13-8-10-6-7-11-12(4-3-5-14(11)17)15(10)19-16(13)18/h3-9,17H,1-2H3. The van der Waals surface area contributed by atoms with E-state index in [1.54, 1.807) is 12.1 Å². The Morgan fingerprint density at radius 1 is 1.11 bits per heavy atom. The molecule has 3 heteroatoms. The van der Waals surface area contributed by atoms with Crippen molar-refractivity contribution in [2.45, 2.75) is 19.8 Å². The highest BCUT2D eigenvalue weighted by Crippen LogP contribution is 2.31. The van der Waals surface area contributed by atoms with E-state index in [9.17, 15) is 9.90 Å². The Labute approximate surface area is 110 Å². The summed E-state index contributed by atoms with van der Waals surface area (Å²) in [7, 11) is 0. The molecule has 0 aliphatic rings. The first-order chi connectivity index (χ1) is 9.08. The normalized spacial score (nSPS) is 11.5. The quantitative estimate of drug-likeness (QED) is 0.531. The maximum absolute atomic E-state index is 12.0. The van der Waals surface area contributed by atoms with E-state index in [1.165, 1.54) is 0 Å². The van der Waals surface area contributed by atoms with Crippen molar-refractivity contribution < 1.29 is 9.52 Å². The molecule has 0 saturated carbocycles. The van der Waals surface area contributed by atoms with Crippen molar-refractivity contribution in [2.75, 3.05) is 0 Å². The molecule has 3 nitrogen and oxygen atoms in total. The summed E-state index contributed by atoms with van der Waals surface area (Å²) >= 11 is 0. The summed E-state index contributed by atoms with van der Waals surface area (Å²) in [4.78, 5) is 12.0. The van der Waals surface area contributed by atoms with Crippen LogP contribution in [-0.4, -0.2) is 5.11 Å². The highest BCUT2D eigenvalue weighted by Gasteiger charge is 2.11. The van der Waals surface area contributed by atoms with Gasteiger partial charge in [-0.05, 0) is 24.1 Å². The zero-order valence-electron chi connectivity index (χ0n) is 10.8. The van der Waals surface area contributed by atoms with Gasteiger partial charge in [-0.15, -0.1) is 0 Å². The van der Waals surface area contributed by atoms with Crippen molar-refractivity contribution in [3.05, 3.63) is 52.4 Å². The molecule has 0 radical (unpaired) electrons. The predicted molar refractivity (Wildman–Crippen MR) is 75.7 cm³/mol. The van der Waals surface area contributed by atoms with Gasteiger partial charge in [-0.2, -0.15) is 0 Å². The molecule has 0 spiro atoms. The van der Waals surface area contributed by atoms with E-state index in [1.807, 2.05) is 38.1 Å². The van der Waals surface area contributed by atoms with E-state index in [0.29, 0.717) is 16.5 Å². The molecule has 0 bridgehead atoms. The molecule has 0 unspecified atom stereocenters. The van der Waals surface area contributed by atoms with Gasteiger partial charge in [0.05, 0.1) is 0 Å². The number of hydrogen-bond donors (Lipinski definition) is 1. The number of phenolic OH excluding ortho intramolecular Hbond substituents is 1. The molecule has 2 aromatic carbocycles. The topological polar surface area (TPSA) is 50.4 Å². The summed E-state index contributed by atoms with van der Waals surface area (Å²) in [5.41, 5.74) is 0.896. The van der Waals surface area contributed by atoms with E-state index in [2.05, 4.69) is 0 Å². The van der Waals surface area contributed by atoms with Crippen LogP contribution in [0, 0.1) is 0 Å². The van der Waals surface area contributed by atoms with Gasteiger partial charge in [-0.1, -0.05) is 32.0 Å². The van der Waals surface area contributed by atoms with Crippen molar-refractivity contribution in [2.24, 2.45) is 0 Å². The number of aromatic hydroxyl groups is 1. The molecule has 1 aromatic heterocycles. The Kier molecular flexibility index (Phi) is 2.56. The van der Waals surface area contributed by atoms with Crippen LogP contribution in [0.25, 0.3) is 21.7 Å².